The summed E-state index contributed by atoms with van der Waals surface area (Å²) in [6.07, 6.45) is 4.40. The van der Waals surface area contributed by atoms with E-state index in [0.29, 0.717) is 22.0 Å². The van der Waals surface area contributed by atoms with E-state index in [0.717, 1.165) is 11.3 Å². The number of aromatic nitrogens is 1. The van der Waals surface area contributed by atoms with E-state index < -0.39 is 11.9 Å². The zero-order chi connectivity index (χ0) is 23.3. The van der Waals surface area contributed by atoms with Gasteiger partial charge in [0.1, 0.15) is 6.04 Å². The van der Waals surface area contributed by atoms with Crippen LogP contribution in [0.3, 0.4) is 0 Å². The summed E-state index contributed by atoms with van der Waals surface area (Å²) in [5.41, 5.74) is 3.71. The number of rotatable bonds is 7. The predicted octanol–water partition coefficient (Wildman–Crippen LogP) is 5.01. The van der Waals surface area contributed by atoms with E-state index in [4.69, 9.17) is 11.6 Å². The molecule has 0 spiro atoms. The van der Waals surface area contributed by atoms with Crippen LogP contribution in [0.5, 0.6) is 0 Å². The first-order valence-electron chi connectivity index (χ1n) is 10.0. The Morgan fingerprint density at radius 1 is 1.12 bits per heavy atom. The maximum Gasteiger partial charge on any atom is 0.252 e. The molecule has 0 radical (unpaired) electrons. The molecule has 0 aliphatic heterocycles. The molecular weight excluding hydrogens is 424 g/mol. The summed E-state index contributed by atoms with van der Waals surface area (Å²) in [7, 11) is 3.90. The Hall–Kier alpha value is -3.64. The molecule has 0 aliphatic carbocycles. The number of hydrogen-bond acceptors (Lipinski definition) is 4. The summed E-state index contributed by atoms with van der Waals surface area (Å²) in [5.74, 6) is -0.785. The summed E-state index contributed by atoms with van der Waals surface area (Å²) in [6, 6.07) is 14.9. The van der Waals surface area contributed by atoms with Crippen molar-refractivity contribution in [3.05, 3.63) is 95.8 Å². The lowest BCUT2D eigenvalue weighted by atomic mass is 10.0. The molecule has 2 aromatic carbocycles. The Kier molecular flexibility index (Phi) is 7.28. The molecule has 0 saturated carbocycles. The fraction of sp³-hybridized carbons (Fsp3) is 0.160. The highest BCUT2D eigenvalue weighted by molar-refractivity contribution is 6.30. The van der Waals surface area contributed by atoms with E-state index in [2.05, 4.69) is 16.9 Å². The van der Waals surface area contributed by atoms with Gasteiger partial charge >= 0.3 is 0 Å². The van der Waals surface area contributed by atoms with Crippen molar-refractivity contribution in [2.24, 2.45) is 0 Å². The Morgan fingerprint density at radius 2 is 1.84 bits per heavy atom. The molecule has 6 nitrogen and oxygen atoms in total. The molecule has 0 aliphatic rings. The highest BCUT2D eigenvalue weighted by Crippen LogP contribution is 2.32. The number of benzene rings is 2. The Labute approximate surface area is 193 Å². The molecule has 3 rings (SSSR count). The van der Waals surface area contributed by atoms with Crippen molar-refractivity contribution in [1.29, 1.82) is 0 Å². The Bertz CT molecular complexity index is 1110. The SMILES string of the molecule is C=CC(=O)N(c1ccc(N(C)C)c(C)c1)C(C(=O)Nc1ccc(Cl)cc1)c1cccnc1. The topological polar surface area (TPSA) is 65.5 Å². The second kappa shape index (κ2) is 10.1. The van der Waals surface area contributed by atoms with Gasteiger partial charge in [-0.05, 0) is 67.1 Å². The highest BCUT2D eigenvalue weighted by atomic mass is 35.5. The molecule has 0 bridgehead atoms. The number of carbonyl (C=O) groups is 2. The lowest BCUT2D eigenvalue weighted by Crippen LogP contribution is -2.41. The van der Waals surface area contributed by atoms with Gasteiger partial charge in [0.05, 0.1) is 0 Å². The van der Waals surface area contributed by atoms with Crippen LogP contribution in [0.25, 0.3) is 0 Å². The molecule has 2 amide bonds. The molecule has 32 heavy (non-hydrogen) atoms. The third-order valence-electron chi connectivity index (χ3n) is 4.97. The van der Waals surface area contributed by atoms with Crippen molar-refractivity contribution < 1.29 is 9.59 Å². The quantitative estimate of drug-likeness (QED) is 0.516. The van der Waals surface area contributed by atoms with Crippen molar-refractivity contribution in [3.8, 4) is 0 Å². The summed E-state index contributed by atoms with van der Waals surface area (Å²) >= 11 is 5.96. The predicted molar refractivity (Wildman–Crippen MR) is 130 cm³/mol. The van der Waals surface area contributed by atoms with Crippen molar-refractivity contribution in [1.82, 2.24) is 4.98 Å². The van der Waals surface area contributed by atoms with Gasteiger partial charge < -0.3 is 10.2 Å². The average molecular weight is 449 g/mol. The van der Waals surface area contributed by atoms with Gasteiger partial charge in [0.15, 0.2) is 0 Å². The zero-order valence-electron chi connectivity index (χ0n) is 18.2. The molecule has 1 unspecified atom stereocenters. The third kappa shape index (κ3) is 5.15. The summed E-state index contributed by atoms with van der Waals surface area (Å²) in [5, 5.41) is 3.44. The lowest BCUT2D eigenvalue weighted by molar-refractivity contribution is -0.121. The Balaban J connectivity index is 2.09. The van der Waals surface area contributed by atoms with Gasteiger partial charge in [0.2, 0.25) is 0 Å². The van der Waals surface area contributed by atoms with Crippen molar-refractivity contribution >= 4 is 40.5 Å². The van der Waals surface area contributed by atoms with Crippen LogP contribution in [0.15, 0.2) is 79.6 Å². The fourth-order valence-electron chi connectivity index (χ4n) is 3.49. The van der Waals surface area contributed by atoms with Crippen LogP contribution in [-0.2, 0) is 9.59 Å². The summed E-state index contributed by atoms with van der Waals surface area (Å²) in [6.45, 7) is 5.60. The van der Waals surface area contributed by atoms with E-state index in [1.807, 2.05) is 44.1 Å². The second-order valence-corrected chi connectivity index (χ2v) is 7.90. The minimum Gasteiger partial charge on any atom is -0.377 e. The van der Waals surface area contributed by atoms with Gasteiger partial charge in [-0.2, -0.15) is 0 Å². The van der Waals surface area contributed by atoms with Crippen LogP contribution in [-0.4, -0.2) is 30.9 Å². The first-order valence-corrected chi connectivity index (χ1v) is 10.4. The van der Waals surface area contributed by atoms with Crippen molar-refractivity contribution in [3.63, 3.8) is 0 Å². The maximum absolute atomic E-state index is 13.5. The van der Waals surface area contributed by atoms with E-state index in [-0.39, 0.29) is 5.91 Å². The Morgan fingerprint density at radius 3 is 2.41 bits per heavy atom. The van der Waals surface area contributed by atoms with Crippen molar-refractivity contribution in [2.75, 3.05) is 29.2 Å². The van der Waals surface area contributed by atoms with Crippen LogP contribution in [0.4, 0.5) is 17.1 Å². The summed E-state index contributed by atoms with van der Waals surface area (Å²) < 4.78 is 0. The summed E-state index contributed by atoms with van der Waals surface area (Å²) in [4.78, 5) is 34.1. The monoisotopic (exact) mass is 448 g/mol. The number of pyridine rings is 1. The van der Waals surface area contributed by atoms with Crippen molar-refractivity contribution in [2.45, 2.75) is 13.0 Å². The largest absolute Gasteiger partial charge is 0.377 e. The number of anilines is 3. The minimum atomic E-state index is -0.963. The molecular formula is C25H25ClN4O2. The van der Waals surface area contributed by atoms with Gasteiger partial charge in [-0.25, -0.2) is 0 Å². The molecule has 3 aromatic rings. The molecule has 164 valence electrons. The van der Waals surface area contributed by atoms with Crippen LogP contribution < -0.4 is 15.1 Å². The standard InChI is InChI=1S/C25H25ClN4O2/c1-5-23(31)30(21-12-13-22(29(3)4)17(2)15-21)24(18-7-6-14-27-16-18)25(32)28-20-10-8-19(26)9-11-20/h5-16,24H,1H2,2-4H3,(H,28,32). The van der Waals surface area contributed by atoms with Crippen LogP contribution >= 0.6 is 11.6 Å². The van der Waals surface area contributed by atoms with Crippen LogP contribution in [0, 0.1) is 6.92 Å². The molecule has 1 atom stereocenters. The van der Waals surface area contributed by atoms with E-state index >= 15 is 0 Å². The maximum atomic E-state index is 13.5. The normalized spacial score (nSPS) is 11.4. The van der Waals surface area contributed by atoms with Crippen LogP contribution in [0.2, 0.25) is 5.02 Å². The number of nitrogens with zero attached hydrogens (tertiary/aromatic N) is 3. The zero-order valence-corrected chi connectivity index (χ0v) is 19.0. The smallest absolute Gasteiger partial charge is 0.252 e. The third-order valence-corrected chi connectivity index (χ3v) is 5.22. The van der Waals surface area contributed by atoms with Gasteiger partial charge in [-0.15, -0.1) is 0 Å². The highest BCUT2D eigenvalue weighted by Gasteiger charge is 2.32. The van der Waals surface area contributed by atoms with Gasteiger partial charge in [0, 0.05) is 54.1 Å². The minimum absolute atomic E-state index is 0.384. The number of nitrogens with one attached hydrogen (secondary N) is 1. The van der Waals surface area contributed by atoms with E-state index in [1.54, 1.807) is 48.8 Å². The molecule has 0 saturated heterocycles. The molecule has 1 aromatic heterocycles. The number of amides is 2. The molecule has 0 fully saturated rings. The number of carbonyl (C=O) groups excluding carboxylic acids is 2. The lowest BCUT2D eigenvalue weighted by Gasteiger charge is -2.31. The van der Waals surface area contributed by atoms with Gasteiger partial charge in [-0.1, -0.05) is 24.2 Å². The molecule has 1 heterocycles. The first-order chi connectivity index (χ1) is 15.3. The second-order valence-electron chi connectivity index (χ2n) is 7.46. The molecule has 7 heteroatoms. The number of halogens is 1. The molecule has 1 N–H and O–H groups in total. The fourth-order valence-corrected chi connectivity index (χ4v) is 3.62. The van der Waals surface area contributed by atoms with Gasteiger partial charge in [0.25, 0.3) is 11.8 Å². The number of aryl methyl sites for hydroxylation is 1. The van der Waals surface area contributed by atoms with E-state index in [9.17, 15) is 9.59 Å². The van der Waals surface area contributed by atoms with E-state index in [1.165, 1.54) is 11.0 Å². The first kappa shape index (κ1) is 23.0. The van der Waals surface area contributed by atoms with Gasteiger partial charge in [-0.3, -0.25) is 19.5 Å². The average Bonchev–Trinajstić information content (AvgIpc) is 2.78. The van der Waals surface area contributed by atoms with Crippen LogP contribution in [0.1, 0.15) is 17.2 Å². The number of hydrogen-bond donors (Lipinski definition) is 1.